The summed E-state index contributed by atoms with van der Waals surface area (Å²) in [6.07, 6.45) is 0. The molecule has 0 aliphatic carbocycles. The summed E-state index contributed by atoms with van der Waals surface area (Å²) < 4.78 is 0. The van der Waals surface area contributed by atoms with Crippen LogP contribution < -0.4 is 10.6 Å². The summed E-state index contributed by atoms with van der Waals surface area (Å²) in [5, 5.41) is 5.68. The van der Waals surface area contributed by atoms with Gasteiger partial charge in [-0.25, -0.2) is 0 Å². The fourth-order valence-electron chi connectivity index (χ4n) is 1.29. The van der Waals surface area contributed by atoms with Gasteiger partial charge < -0.3 is 10.6 Å². The van der Waals surface area contributed by atoms with E-state index in [0.29, 0.717) is 5.70 Å². The summed E-state index contributed by atoms with van der Waals surface area (Å²) in [4.78, 5) is 11.2. The Kier molecular flexibility index (Phi) is 1.59. The Morgan fingerprint density at radius 1 is 1.23 bits per heavy atom. The Hall–Kier alpha value is -1.77. The first-order chi connectivity index (χ1) is 6.16. The van der Waals surface area contributed by atoms with Crippen molar-refractivity contribution in [1.29, 1.82) is 0 Å². The van der Waals surface area contributed by atoms with E-state index in [0.717, 1.165) is 16.9 Å². The number of amides is 1. The fourth-order valence-corrected chi connectivity index (χ4v) is 1.29. The first-order valence-electron chi connectivity index (χ1n) is 4.05. The molecule has 0 unspecified atom stereocenters. The Morgan fingerprint density at radius 3 is 2.77 bits per heavy atom. The third kappa shape index (κ3) is 1.28. The van der Waals surface area contributed by atoms with Crippen molar-refractivity contribution in [2.75, 3.05) is 10.6 Å². The summed E-state index contributed by atoms with van der Waals surface area (Å²) >= 11 is 0. The Balaban J connectivity index is 2.48. The van der Waals surface area contributed by atoms with E-state index >= 15 is 0 Å². The molecule has 66 valence electrons. The molecule has 0 saturated carbocycles. The number of nitrogens with one attached hydrogen (secondary N) is 2. The molecule has 0 atom stereocenters. The van der Waals surface area contributed by atoms with E-state index in [1.807, 2.05) is 25.1 Å². The van der Waals surface area contributed by atoms with E-state index in [2.05, 4.69) is 17.2 Å². The van der Waals surface area contributed by atoms with E-state index in [1.54, 1.807) is 0 Å². The van der Waals surface area contributed by atoms with Crippen molar-refractivity contribution < 1.29 is 4.79 Å². The second kappa shape index (κ2) is 2.62. The highest BCUT2D eigenvalue weighted by atomic mass is 16.2. The van der Waals surface area contributed by atoms with Gasteiger partial charge in [0, 0.05) is 0 Å². The van der Waals surface area contributed by atoms with Crippen LogP contribution in [0.2, 0.25) is 0 Å². The average Bonchev–Trinajstić information content (AvgIpc) is 2.08. The molecule has 1 aliphatic heterocycles. The van der Waals surface area contributed by atoms with Gasteiger partial charge in [0.15, 0.2) is 0 Å². The first-order valence-corrected chi connectivity index (χ1v) is 4.05. The van der Waals surface area contributed by atoms with Crippen molar-refractivity contribution in [3.05, 3.63) is 36.0 Å². The molecule has 0 fully saturated rings. The molecule has 0 saturated heterocycles. The van der Waals surface area contributed by atoms with Gasteiger partial charge in [-0.15, -0.1) is 0 Å². The molecule has 0 aromatic heterocycles. The predicted molar refractivity (Wildman–Crippen MR) is 52.6 cm³/mol. The van der Waals surface area contributed by atoms with Gasteiger partial charge in [0.25, 0.3) is 5.91 Å². The SMILES string of the molecule is C=C1Nc2cc(C)ccc2NC1=O. The van der Waals surface area contributed by atoms with Crippen LogP contribution >= 0.6 is 0 Å². The van der Waals surface area contributed by atoms with Gasteiger partial charge in [0.1, 0.15) is 0 Å². The molecule has 1 heterocycles. The van der Waals surface area contributed by atoms with Crippen LogP contribution in [0.3, 0.4) is 0 Å². The zero-order valence-corrected chi connectivity index (χ0v) is 7.35. The molecule has 2 rings (SSSR count). The molecule has 1 amide bonds. The molecule has 3 nitrogen and oxygen atoms in total. The van der Waals surface area contributed by atoms with Crippen molar-refractivity contribution in [2.45, 2.75) is 6.92 Å². The lowest BCUT2D eigenvalue weighted by molar-refractivity contribution is -0.112. The summed E-state index contributed by atoms with van der Waals surface area (Å²) in [5.41, 5.74) is 3.25. The Morgan fingerprint density at radius 2 is 2.00 bits per heavy atom. The number of carbonyl (C=O) groups is 1. The van der Waals surface area contributed by atoms with Gasteiger partial charge in [-0.2, -0.15) is 0 Å². The van der Waals surface area contributed by atoms with Crippen LogP contribution in [-0.4, -0.2) is 5.91 Å². The molecule has 2 N–H and O–H groups in total. The highest BCUT2D eigenvalue weighted by molar-refractivity contribution is 6.10. The smallest absolute Gasteiger partial charge is 0.271 e. The highest BCUT2D eigenvalue weighted by Crippen LogP contribution is 2.27. The van der Waals surface area contributed by atoms with E-state index in [9.17, 15) is 4.79 Å². The highest BCUT2D eigenvalue weighted by Gasteiger charge is 2.16. The maximum atomic E-state index is 11.2. The number of carbonyl (C=O) groups excluding carboxylic acids is 1. The van der Waals surface area contributed by atoms with Gasteiger partial charge in [0.05, 0.1) is 17.1 Å². The number of aryl methyl sites for hydroxylation is 1. The number of hydrogen-bond donors (Lipinski definition) is 2. The summed E-state index contributed by atoms with van der Waals surface area (Å²) in [7, 11) is 0. The minimum absolute atomic E-state index is 0.170. The Bertz CT molecular complexity index is 396. The molecule has 13 heavy (non-hydrogen) atoms. The number of fused-ring (bicyclic) bond motifs is 1. The van der Waals surface area contributed by atoms with Gasteiger partial charge in [0.2, 0.25) is 0 Å². The van der Waals surface area contributed by atoms with E-state index in [4.69, 9.17) is 0 Å². The minimum atomic E-state index is -0.170. The number of benzene rings is 1. The molecule has 0 spiro atoms. The maximum Gasteiger partial charge on any atom is 0.271 e. The molecule has 0 bridgehead atoms. The number of anilines is 2. The summed E-state index contributed by atoms with van der Waals surface area (Å²) in [5.74, 6) is -0.170. The van der Waals surface area contributed by atoms with Crippen LogP contribution in [0, 0.1) is 6.92 Å². The monoisotopic (exact) mass is 174 g/mol. The number of rotatable bonds is 0. The first kappa shape index (κ1) is 7.86. The van der Waals surface area contributed by atoms with Crippen molar-refractivity contribution >= 4 is 17.3 Å². The van der Waals surface area contributed by atoms with Gasteiger partial charge in [-0.3, -0.25) is 4.79 Å². The summed E-state index contributed by atoms with van der Waals surface area (Å²) in [6, 6.07) is 5.80. The molecule has 1 aromatic rings. The van der Waals surface area contributed by atoms with E-state index in [1.165, 1.54) is 0 Å². The van der Waals surface area contributed by atoms with Gasteiger partial charge >= 0.3 is 0 Å². The zero-order valence-electron chi connectivity index (χ0n) is 7.35. The van der Waals surface area contributed by atoms with Crippen LogP contribution in [0.15, 0.2) is 30.5 Å². The van der Waals surface area contributed by atoms with Gasteiger partial charge in [-0.05, 0) is 24.6 Å². The van der Waals surface area contributed by atoms with Crippen LogP contribution in [0.25, 0.3) is 0 Å². The quantitative estimate of drug-likeness (QED) is 0.589. The Labute approximate surface area is 76.5 Å². The largest absolute Gasteiger partial charge is 0.350 e. The molecule has 1 aromatic carbocycles. The normalized spacial score (nSPS) is 14.5. The topological polar surface area (TPSA) is 41.1 Å². The lowest BCUT2D eigenvalue weighted by Crippen LogP contribution is -2.24. The van der Waals surface area contributed by atoms with E-state index < -0.39 is 0 Å². The van der Waals surface area contributed by atoms with Crippen LogP contribution in [0.1, 0.15) is 5.56 Å². The molecule has 1 aliphatic rings. The predicted octanol–water partition coefficient (Wildman–Crippen LogP) is 1.87. The molecule has 3 heteroatoms. The van der Waals surface area contributed by atoms with Crippen molar-refractivity contribution in [2.24, 2.45) is 0 Å². The average molecular weight is 174 g/mol. The molecular weight excluding hydrogens is 164 g/mol. The van der Waals surface area contributed by atoms with Crippen molar-refractivity contribution in [1.82, 2.24) is 0 Å². The lowest BCUT2D eigenvalue weighted by Gasteiger charge is -2.20. The van der Waals surface area contributed by atoms with Crippen molar-refractivity contribution in [3.63, 3.8) is 0 Å². The van der Waals surface area contributed by atoms with Crippen LogP contribution in [-0.2, 0) is 4.79 Å². The second-order valence-electron chi connectivity index (χ2n) is 3.11. The number of hydrogen-bond acceptors (Lipinski definition) is 2. The zero-order chi connectivity index (χ0) is 9.42. The fraction of sp³-hybridized carbons (Fsp3) is 0.100. The van der Waals surface area contributed by atoms with Crippen molar-refractivity contribution in [3.8, 4) is 0 Å². The minimum Gasteiger partial charge on any atom is -0.350 e. The van der Waals surface area contributed by atoms with Crippen LogP contribution in [0.4, 0.5) is 11.4 Å². The standard InChI is InChI=1S/C10H10N2O/c1-6-3-4-8-9(5-6)11-7(2)10(13)12-8/h3-5,11H,2H2,1H3,(H,12,13). The second-order valence-corrected chi connectivity index (χ2v) is 3.11. The van der Waals surface area contributed by atoms with Crippen LogP contribution in [0.5, 0.6) is 0 Å². The van der Waals surface area contributed by atoms with Gasteiger partial charge in [-0.1, -0.05) is 12.6 Å². The summed E-state index contributed by atoms with van der Waals surface area (Å²) in [6.45, 7) is 5.60. The molecular formula is C10H10N2O. The van der Waals surface area contributed by atoms with E-state index in [-0.39, 0.29) is 5.91 Å². The third-order valence-electron chi connectivity index (χ3n) is 1.98. The maximum absolute atomic E-state index is 11.2. The third-order valence-corrected chi connectivity index (χ3v) is 1.98. The lowest BCUT2D eigenvalue weighted by atomic mass is 10.1. The molecule has 0 radical (unpaired) electrons.